The van der Waals surface area contributed by atoms with Gasteiger partial charge in [0.1, 0.15) is 18.1 Å². The predicted molar refractivity (Wildman–Crippen MR) is 119 cm³/mol. The fraction of sp³-hybridized carbons (Fsp3) is 0.0400. The molecule has 0 unspecified atom stereocenters. The zero-order chi connectivity index (χ0) is 20.9. The van der Waals surface area contributed by atoms with Gasteiger partial charge in [-0.1, -0.05) is 60.5 Å². The van der Waals surface area contributed by atoms with Crippen molar-refractivity contribution in [2.45, 2.75) is 0 Å². The molecule has 0 saturated carbocycles. The molecule has 0 bridgehead atoms. The van der Waals surface area contributed by atoms with E-state index in [4.69, 9.17) is 11.2 Å². The topological polar surface area (TPSA) is 70.9 Å². The second-order valence-electron chi connectivity index (χ2n) is 6.61. The number of hydrogen-bond acceptors (Lipinski definition) is 4. The minimum Gasteiger partial charge on any atom is -0.507 e. The Labute approximate surface area is 173 Å². The molecule has 0 aliphatic rings. The molecule has 30 heavy (non-hydrogen) atoms. The second-order valence-corrected chi connectivity index (χ2v) is 6.61. The first-order valence-corrected chi connectivity index (χ1v) is 9.30. The standard InChI is InChI=1S/C25H18N2O3/c1-2-13-30-24-12-11-17-7-5-6-10-20(17)22(24)16-26-27-25(29)21-14-18-8-3-4-9-19(18)15-23(21)28/h1,3-12,14-16,28H,13H2,(H,27,29). The van der Waals surface area contributed by atoms with Gasteiger partial charge in [0, 0.05) is 5.56 Å². The molecular formula is C25H18N2O3. The van der Waals surface area contributed by atoms with E-state index >= 15 is 0 Å². The normalized spacial score (nSPS) is 10.9. The van der Waals surface area contributed by atoms with Crippen LogP contribution in [0.25, 0.3) is 21.5 Å². The van der Waals surface area contributed by atoms with Crippen LogP contribution in [-0.2, 0) is 0 Å². The van der Waals surface area contributed by atoms with E-state index in [0.717, 1.165) is 21.5 Å². The van der Waals surface area contributed by atoms with Crippen LogP contribution in [0.1, 0.15) is 15.9 Å². The minimum atomic E-state index is -0.513. The number of fused-ring (bicyclic) bond motifs is 2. The van der Waals surface area contributed by atoms with Gasteiger partial charge in [0.25, 0.3) is 5.91 Å². The zero-order valence-electron chi connectivity index (χ0n) is 16.0. The maximum Gasteiger partial charge on any atom is 0.275 e. The first kappa shape index (κ1) is 19.0. The maximum atomic E-state index is 12.6. The fourth-order valence-electron chi connectivity index (χ4n) is 3.28. The number of hydrazone groups is 1. The van der Waals surface area contributed by atoms with Crippen molar-refractivity contribution in [3.05, 3.63) is 83.9 Å². The van der Waals surface area contributed by atoms with Gasteiger partial charge in [-0.05, 0) is 39.7 Å². The molecule has 0 radical (unpaired) electrons. The number of phenols is 1. The van der Waals surface area contributed by atoms with E-state index in [-0.39, 0.29) is 17.9 Å². The van der Waals surface area contributed by atoms with Crippen molar-refractivity contribution in [3.8, 4) is 23.8 Å². The summed E-state index contributed by atoms with van der Waals surface area (Å²) in [6.45, 7) is 0.122. The summed E-state index contributed by atoms with van der Waals surface area (Å²) in [7, 11) is 0. The highest BCUT2D eigenvalue weighted by atomic mass is 16.5. The summed E-state index contributed by atoms with van der Waals surface area (Å²) >= 11 is 0. The zero-order valence-corrected chi connectivity index (χ0v) is 16.0. The number of amides is 1. The van der Waals surface area contributed by atoms with Crippen molar-refractivity contribution in [2.75, 3.05) is 6.61 Å². The summed E-state index contributed by atoms with van der Waals surface area (Å²) in [5.41, 5.74) is 3.32. The molecule has 2 N–H and O–H groups in total. The Hall–Kier alpha value is -4.30. The summed E-state index contributed by atoms with van der Waals surface area (Å²) in [6.07, 6.45) is 6.83. The molecule has 5 nitrogen and oxygen atoms in total. The lowest BCUT2D eigenvalue weighted by molar-refractivity contribution is 0.0952. The van der Waals surface area contributed by atoms with Crippen LogP contribution >= 0.6 is 0 Å². The molecule has 0 aliphatic heterocycles. The van der Waals surface area contributed by atoms with Crippen molar-refractivity contribution in [1.29, 1.82) is 0 Å². The average Bonchev–Trinajstić information content (AvgIpc) is 2.77. The van der Waals surface area contributed by atoms with Gasteiger partial charge in [0.15, 0.2) is 0 Å². The lowest BCUT2D eigenvalue weighted by Gasteiger charge is -2.10. The van der Waals surface area contributed by atoms with Gasteiger partial charge in [-0.3, -0.25) is 4.79 Å². The van der Waals surface area contributed by atoms with E-state index in [1.54, 1.807) is 12.1 Å². The molecule has 0 fully saturated rings. The molecule has 146 valence electrons. The lowest BCUT2D eigenvalue weighted by atomic mass is 10.0. The Morgan fingerprint density at radius 2 is 1.73 bits per heavy atom. The summed E-state index contributed by atoms with van der Waals surface area (Å²) in [4.78, 5) is 12.6. The number of ether oxygens (including phenoxy) is 1. The van der Waals surface area contributed by atoms with Crippen LogP contribution in [0.2, 0.25) is 0 Å². The van der Waals surface area contributed by atoms with E-state index < -0.39 is 5.91 Å². The highest BCUT2D eigenvalue weighted by Crippen LogP contribution is 2.27. The maximum absolute atomic E-state index is 12.6. The molecule has 4 rings (SSSR count). The number of hydrogen-bond donors (Lipinski definition) is 2. The summed E-state index contributed by atoms with van der Waals surface area (Å²) in [5.74, 6) is 2.39. The van der Waals surface area contributed by atoms with Crippen molar-refractivity contribution in [1.82, 2.24) is 5.43 Å². The van der Waals surface area contributed by atoms with Crippen LogP contribution in [0.15, 0.2) is 77.9 Å². The SMILES string of the molecule is C#CCOc1ccc2ccccc2c1C=NNC(=O)c1cc2ccccc2cc1O. The number of nitrogens with one attached hydrogen (secondary N) is 1. The second kappa shape index (κ2) is 8.38. The Bertz CT molecular complexity index is 1320. The highest BCUT2D eigenvalue weighted by molar-refractivity contribution is 6.04. The van der Waals surface area contributed by atoms with E-state index in [1.807, 2.05) is 60.7 Å². The summed E-state index contributed by atoms with van der Waals surface area (Å²) in [5, 5.41) is 17.9. The van der Waals surface area contributed by atoms with Gasteiger partial charge in [0.05, 0.1) is 11.8 Å². The van der Waals surface area contributed by atoms with Gasteiger partial charge >= 0.3 is 0 Å². The number of rotatable bonds is 5. The molecule has 0 aromatic heterocycles. The molecule has 0 aliphatic carbocycles. The fourth-order valence-corrected chi connectivity index (χ4v) is 3.28. The Morgan fingerprint density at radius 1 is 1.03 bits per heavy atom. The lowest BCUT2D eigenvalue weighted by Crippen LogP contribution is -2.18. The van der Waals surface area contributed by atoms with Crippen molar-refractivity contribution in [2.24, 2.45) is 5.10 Å². The van der Waals surface area contributed by atoms with E-state index in [0.29, 0.717) is 11.3 Å². The highest BCUT2D eigenvalue weighted by Gasteiger charge is 2.12. The Balaban J connectivity index is 1.63. The number of carbonyl (C=O) groups is 1. The van der Waals surface area contributed by atoms with Gasteiger partial charge in [-0.25, -0.2) is 5.43 Å². The predicted octanol–water partition coefficient (Wildman–Crippen LogP) is 4.47. The number of terminal acetylenes is 1. The third kappa shape index (κ3) is 3.80. The molecule has 4 aromatic carbocycles. The first-order chi connectivity index (χ1) is 14.7. The number of aromatic hydroxyl groups is 1. The average molecular weight is 394 g/mol. The number of benzene rings is 4. The summed E-state index contributed by atoms with van der Waals surface area (Å²) < 4.78 is 5.62. The Kier molecular flexibility index (Phi) is 5.31. The van der Waals surface area contributed by atoms with E-state index in [1.165, 1.54) is 6.21 Å². The van der Waals surface area contributed by atoms with Crippen LogP contribution < -0.4 is 10.2 Å². The third-order valence-electron chi connectivity index (χ3n) is 4.71. The molecule has 0 heterocycles. The molecule has 0 saturated heterocycles. The van der Waals surface area contributed by atoms with Gasteiger partial charge in [0.2, 0.25) is 0 Å². The molecule has 1 amide bonds. The van der Waals surface area contributed by atoms with Gasteiger partial charge in [-0.15, -0.1) is 6.42 Å². The minimum absolute atomic E-state index is 0.107. The van der Waals surface area contributed by atoms with Crippen molar-refractivity contribution >= 4 is 33.7 Å². The summed E-state index contributed by atoms with van der Waals surface area (Å²) in [6, 6.07) is 22.2. The first-order valence-electron chi connectivity index (χ1n) is 9.30. The van der Waals surface area contributed by atoms with Crippen molar-refractivity contribution < 1.29 is 14.6 Å². The van der Waals surface area contributed by atoms with Crippen LogP contribution in [0, 0.1) is 12.3 Å². The Morgan fingerprint density at radius 3 is 2.50 bits per heavy atom. The third-order valence-corrected chi connectivity index (χ3v) is 4.71. The largest absolute Gasteiger partial charge is 0.507 e. The number of nitrogens with zero attached hydrogens (tertiary/aromatic N) is 1. The van der Waals surface area contributed by atoms with Gasteiger partial charge in [-0.2, -0.15) is 5.10 Å². The van der Waals surface area contributed by atoms with Crippen LogP contribution in [0.4, 0.5) is 0 Å². The molecule has 0 spiro atoms. The molecule has 5 heteroatoms. The quantitative estimate of drug-likeness (QED) is 0.298. The van der Waals surface area contributed by atoms with Crippen LogP contribution in [-0.4, -0.2) is 23.8 Å². The van der Waals surface area contributed by atoms with Gasteiger partial charge < -0.3 is 9.84 Å². The molecule has 4 aromatic rings. The van der Waals surface area contributed by atoms with E-state index in [2.05, 4.69) is 16.4 Å². The van der Waals surface area contributed by atoms with Crippen molar-refractivity contribution in [3.63, 3.8) is 0 Å². The number of carbonyl (C=O) groups excluding carboxylic acids is 1. The molecular weight excluding hydrogens is 376 g/mol. The van der Waals surface area contributed by atoms with Crippen LogP contribution in [0.3, 0.4) is 0 Å². The smallest absolute Gasteiger partial charge is 0.275 e. The molecule has 0 atom stereocenters. The van der Waals surface area contributed by atoms with E-state index in [9.17, 15) is 9.90 Å². The monoisotopic (exact) mass is 394 g/mol. The van der Waals surface area contributed by atoms with Crippen LogP contribution in [0.5, 0.6) is 11.5 Å². The number of phenolic OH excluding ortho intramolecular Hbond substituents is 1.